The lowest BCUT2D eigenvalue weighted by molar-refractivity contribution is -0.115. The molecule has 0 radical (unpaired) electrons. The molecule has 25 heavy (non-hydrogen) atoms. The molecular weight excluding hydrogens is 336 g/mol. The highest BCUT2D eigenvalue weighted by atomic mass is 32.1. The summed E-state index contributed by atoms with van der Waals surface area (Å²) < 4.78 is 5.32. The summed E-state index contributed by atoms with van der Waals surface area (Å²) in [6, 6.07) is 2.29. The lowest BCUT2D eigenvalue weighted by Crippen LogP contribution is -2.41. The van der Waals surface area contributed by atoms with Crippen molar-refractivity contribution in [1.82, 2.24) is 10.2 Å². The van der Waals surface area contributed by atoms with Gasteiger partial charge in [-0.1, -0.05) is 6.92 Å². The van der Waals surface area contributed by atoms with Crippen molar-refractivity contribution in [2.75, 3.05) is 51.3 Å². The largest absolute Gasteiger partial charge is 0.379 e. The van der Waals surface area contributed by atoms with E-state index in [-0.39, 0.29) is 12.5 Å². The molecule has 7 heteroatoms. The Morgan fingerprint density at radius 3 is 3.00 bits per heavy atom. The number of ether oxygens (including phenoxy) is 1. The standard InChI is InChI=1S/C18H26N4O2S/c1-13-2-3-14-15(11-19)18(25-16(14)10-13)21-17(23)12-20-4-5-22-6-8-24-9-7-22/h13,20H,2-10,12H2,1H3,(H,21,23). The normalized spacial score (nSPS) is 20.7. The van der Waals surface area contributed by atoms with Crippen molar-refractivity contribution in [3.8, 4) is 6.07 Å². The SMILES string of the molecule is CC1CCc2c(sc(NC(=O)CNCCN3CCOCC3)c2C#N)C1. The molecule has 1 aromatic rings. The monoisotopic (exact) mass is 362 g/mol. The van der Waals surface area contributed by atoms with Crippen LogP contribution in [0.3, 0.4) is 0 Å². The number of nitriles is 1. The van der Waals surface area contributed by atoms with Crippen molar-refractivity contribution >= 4 is 22.2 Å². The first-order valence-corrected chi connectivity index (χ1v) is 9.84. The van der Waals surface area contributed by atoms with Gasteiger partial charge in [0.1, 0.15) is 11.1 Å². The van der Waals surface area contributed by atoms with Gasteiger partial charge in [-0.3, -0.25) is 9.69 Å². The molecule has 0 bridgehead atoms. The van der Waals surface area contributed by atoms with E-state index < -0.39 is 0 Å². The zero-order valence-electron chi connectivity index (χ0n) is 14.8. The van der Waals surface area contributed by atoms with Crippen molar-refractivity contribution < 1.29 is 9.53 Å². The number of fused-ring (bicyclic) bond motifs is 1. The van der Waals surface area contributed by atoms with E-state index in [1.807, 2.05) is 0 Å². The topological polar surface area (TPSA) is 77.4 Å². The van der Waals surface area contributed by atoms with Crippen LogP contribution < -0.4 is 10.6 Å². The summed E-state index contributed by atoms with van der Waals surface area (Å²) in [4.78, 5) is 15.8. The zero-order valence-corrected chi connectivity index (χ0v) is 15.6. The van der Waals surface area contributed by atoms with Gasteiger partial charge < -0.3 is 15.4 Å². The molecule has 2 aliphatic rings. The molecule has 0 saturated carbocycles. The lowest BCUT2D eigenvalue weighted by Gasteiger charge is -2.26. The number of nitrogens with zero attached hydrogens (tertiary/aromatic N) is 2. The van der Waals surface area contributed by atoms with E-state index in [9.17, 15) is 10.1 Å². The first-order chi connectivity index (χ1) is 12.2. The molecule has 2 heterocycles. The highest BCUT2D eigenvalue weighted by molar-refractivity contribution is 7.16. The molecule has 6 nitrogen and oxygen atoms in total. The van der Waals surface area contributed by atoms with Gasteiger partial charge in [-0.05, 0) is 30.7 Å². The van der Waals surface area contributed by atoms with Crippen LogP contribution in [0.5, 0.6) is 0 Å². The summed E-state index contributed by atoms with van der Waals surface area (Å²) in [5.74, 6) is 0.577. The quantitative estimate of drug-likeness (QED) is 0.752. The molecule has 0 spiro atoms. The molecule has 1 unspecified atom stereocenters. The van der Waals surface area contributed by atoms with Crippen LogP contribution in [0.25, 0.3) is 0 Å². The van der Waals surface area contributed by atoms with Gasteiger partial charge in [0.05, 0.1) is 25.3 Å². The number of nitrogens with one attached hydrogen (secondary N) is 2. The molecule has 3 rings (SSSR count). The van der Waals surface area contributed by atoms with E-state index >= 15 is 0 Å². The summed E-state index contributed by atoms with van der Waals surface area (Å²) in [6.45, 7) is 7.71. The molecule has 1 fully saturated rings. The Kier molecular flexibility index (Phi) is 6.43. The maximum absolute atomic E-state index is 12.2. The highest BCUT2D eigenvalue weighted by Crippen LogP contribution is 2.39. The van der Waals surface area contributed by atoms with Gasteiger partial charge in [0.25, 0.3) is 0 Å². The van der Waals surface area contributed by atoms with Crippen LogP contribution in [0.1, 0.15) is 29.3 Å². The van der Waals surface area contributed by atoms with Crippen molar-refractivity contribution in [1.29, 1.82) is 5.26 Å². The molecule has 1 aliphatic heterocycles. The van der Waals surface area contributed by atoms with E-state index in [2.05, 4.69) is 28.5 Å². The number of morpholine rings is 1. The van der Waals surface area contributed by atoms with E-state index in [1.54, 1.807) is 11.3 Å². The molecule has 1 aromatic heterocycles. The predicted octanol–water partition coefficient (Wildman–Crippen LogP) is 1.60. The Balaban J connectivity index is 1.47. The minimum absolute atomic E-state index is 0.0786. The Morgan fingerprint density at radius 2 is 2.24 bits per heavy atom. The fourth-order valence-corrected chi connectivity index (χ4v) is 4.77. The molecule has 1 atom stereocenters. The number of carbonyl (C=O) groups is 1. The molecule has 2 N–H and O–H groups in total. The fourth-order valence-electron chi connectivity index (χ4n) is 3.39. The first-order valence-electron chi connectivity index (χ1n) is 9.02. The van der Waals surface area contributed by atoms with Crippen molar-refractivity contribution in [3.05, 3.63) is 16.0 Å². The number of carbonyl (C=O) groups excluding carboxylic acids is 1. The minimum atomic E-state index is -0.0786. The Labute approximate surface area is 153 Å². The van der Waals surface area contributed by atoms with Gasteiger partial charge in [-0.15, -0.1) is 11.3 Å². The number of rotatable bonds is 6. The molecule has 1 saturated heterocycles. The van der Waals surface area contributed by atoms with Crippen molar-refractivity contribution in [2.24, 2.45) is 5.92 Å². The zero-order chi connectivity index (χ0) is 17.6. The maximum Gasteiger partial charge on any atom is 0.238 e. The number of anilines is 1. The minimum Gasteiger partial charge on any atom is -0.379 e. The maximum atomic E-state index is 12.2. The van der Waals surface area contributed by atoms with Crippen LogP contribution in [0.15, 0.2) is 0 Å². The highest BCUT2D eigenvalue weighted by Gasteiger charge is 2.24. The fraction of sp³-hybridized carbons (Fsp3) is 0.667. The van der Waals surface area contributed by atoms with E-state index in [1.165, 1.54) is 4.88 Å². The van der Waals surface area contributed by atoms with Crippen molar-refractivity contribution in [3.63, 3.8) is 0 Å². The van der Waals surface area contributed by atoms with Gasteiger partial charge in [0, 0.05) is 31.1 Å². The Morgan fingerprint density at radius 1 is 1.44 bits per heavy atom. The molecule has 1 amide bonds. The summed E-state index contributed by atoms with van der Waals surface area (Å²) >= 11 is 1.58. The van der Waals surface area contributed by atoms with Gasteiger partial charge >= 0.3 is 0 Å². The second kappa shape index (κ2) is 8.77. The third kappa shape index (κ3) is 4.79. The number of hydrogen-bond acceptors (Lipinski definition) is 6. The average Bonchev–Trinajstić information content (AvgIpc) is 2.95. The number of amides is 1. The van der Waals surface area contributed by atoms with Crippen LogP contribution in [-0.4, -0.2) is 56.7 Å². The Hall–Kier alpha value is -1.46. The third-order valence-corrected chi connectivity index (χ3v) is 6.04. The van der Waals surface area contributed by atoms with Crippen LogP contribution in [0.4, 0.5) is 5.00 Å². The molecule has 0 aromatic carbocycles. The second-order valence-electron chi connectivity index (χ2n) is 6.85. The average molecular weight is 362 g/mol. The molecule has 1 aliphatic carbocycles. The van der Waals surface area contributed by atoms with E-state index in [0.717, 1.165) is 69.2 Å². The lowest BCUT2D eigenvalue weighted by atomic mass is 9.89. The van der Waals surface area contributed by atoms with Gasteiger partial charge in [-0.2, -0.15) is 5.26 Å². The summed E-state index contributed by atoms with van der Waals surface area (Å²) in [5, 5.41) is 16.3. The van der Waals surface area contributed by atoms with Crippen LogP contribution in [0.2, 0.25) is 0 Å². The van der Waals surface area contributed by atoms with E-state index in [0.29, 0.717) is 11.5 Å². The van der Waals surface area contributed by atoms with Crippen LogP contribution in [-0.2, 0) is 22.4 Å². The summed E-state index contributed by atoms with van der Waals surface area (Å²) in [5.41, 5.74) is 1.83. The number of hydrogen-bond donors (Lipinski definition) is 2. The van der Waals surface area contributed by atoms with Gasteiger partial charge in [0.15, 0.2) is 0 Å². The van der Waals surface area contributed by atoms with Gasteiger partial charge in [-0.25, -0.2) is 0 Å². The smallest absolute Gasteiger partial charge is 0.238 e. The number of thiophene rings is 1. The molecular formula is C18H26N4O2S. The second-order valence-corrected chi connectivity index (χ2v) is 7.95. The third-order valence-electron chi connectivity index (χ3n) is 4.87. The predicted molar refractivity (Wildman–Crippen MR) is 99.0 cm³/mol. The summed E-state index contributed by atoms with van der Waals surface area (Å²) in [6.07, 6.45) is 3.08. The summed E-state index contributed by atoms with van der Waals surface area (Å²) in [7, 11) is 0. The first kappa shape index (κ1) is 18.3. The van der Waals surface area contributed by atoms with E-state index in [4.69, 9.17) is 4.74 Å². The Bertz CT molecular complexity index is 646. The molecule has 136 valence electrons. The van der Waals surface area contributed by atoms with Crippen molar-refractivity contribution in [2.45, 2.75) is 26.2 Å². The van der Waals surface area contributed by atoms with Gasteiger partial charge in [0.2, 0.25) is 5.91 Å². The van der Waals surface area contributed by atoms with Crippen LogP contribution >= 0.6 is 11.3 Å². The van der Waals surface area contributed by atoms with Crippen LogP contribution in [0, 0.1) is 17.2 Å².